The molecule has 0 aliphatic heterocycles. The highest BCUT2D eigenvalue weighted by molar-refractivity contribution is 5.93. The Kier molecular flexibility index (Phi) is 5.17. The molecular weight excluding hydrogens is 328 g/mol. The molecule has 5 nitrogen and oxygen atoms in total. The lowest BCUT2D eigenvalue weighted by molar-refractivity contribution is 0.187. The molecule has 0 radical (unpaired) electrons. The van der Waals surface area contributed by atoms with Crippen molar-refractivity contribution in [3.8, 4) is 28.1 Å². The average molecular weight is 348 g/mol. The quantitative estimate of drug-likeness (QED) is 0.728. The number of hydrogen-bond donors (Lipinski definition) is 1. The van der Waals surface area contributed by atoms with Crippen molar-refractivity contribution in [3.63, 3.8) is 0 Å². The van der Waals surface area contributed by atoms with Crippen LogP contribution in [0, 0.1) is 6.92 Å². The summed E-state index contributed by atoms with van der Waals surface area (Å²) < 4.78 is 9.99. The maximum absolute atomic E-state index is 11.8. The van der Waals surface area contributed by atoms with E-state index in [4.69, 9.17) is 9.47 Å². The number of ether oxygens (including phenoxy) is 2. The maximum atomic E-state index is 11.8. The van der Waals surface area contributed by atoms with Gasteiger partial charge in [-0.25, -0.2) is 4.79 Å². The van der Waals surface area contributed by atoms with Crippen molar-refractivity contribution in [2.75, 3.05) is 19.5 Å². The van der Waals surface area contributed by atoms with Crippen LogP contribution in [-0.2, 0) is 4.74 Å². The van der Waals surface area contributed by atoms with E-state index in [0.29, 0.717) is 11.4 Å². The van der Waals surface area contributed by atoms with Gasteiger partial charge in [0.15, 0.2) is 0 Å². The molecule has 1 N–H and O–H groups in total. The first-order valence-electron chi connectivity index (χ1n) is 8.19. The van der Waals surface area contributed by atoms with Crippen LogP contribution in [0.25, 0.3) is 22.4 Å². The van der Waals surface area contributed by atoms with Crippen molar-refractivity contribution in [2.45, 2.75) is 6.92 Å². The van der Waals surface area contributed by atoms with E-state index in [9.17, 15) is 4.79 Å². The third-order valence-corrected chi connectivity index (χ3v) is 4.08. The number of nitrogens with zero attached hydrogens (tertiary/aromatic N) is 1. The van der Waals surface area contributed by atoms with Crippen LogP contribution in [0.15, 0.2) is 60.7 Å². The lowest BCUT2D eigenvalue weighted by Gasteiger charge is -2.15. The summed E-state index contributed by atoms with van der Waals surface area (Å²) in [5.74, 6) is 0.769. The lowest BCUT2D eigenvalue weighted by atomic mass is 10.00. The molecule has 0 saturated heterocycles. The molecule has 0 aliphatic carbocycles. The fourth-order valence-corrected chi connectivity index (χ4v) is 2.74. The molecule has 1 aromatic heterocycles. The molecule has 0 unspecified atom stereocenters. The lowest BCUT2D eigenvalue weighted by Crippen LogP contribution is -2.13. The highest BCUT2D eigenvalue weighted by Crippen LogP contribution is 2.34. The molecule has 2 aromatic carbocycles. The van der Waals surface area contributed by atoms with Gasteiger partial charge in [0.05, 0.1) is 31.3 Å². The van der Waals surface area contributed by atoms with Crippen LogP contribution in [0.1, 0.15) is 5.69 Å². The summed E-state index contributed by atoms with van der Waals surface area (Å²) in [5, 5.41) is 2.78. The highest BCUT2D eigenvalue weighted by Gasteiger charge is 2.15. The van der Waals surface area contributed by atoms with E-state index in [0.717, 1.165) is 28.1 Å². The summed E-state index contributed by atoms with van der Waals surface area (Å²) in [6.07, 6.45) is -0.530. The predicted octanol–water partition coefficient (Wildman–Crippen LogP) is 4.91. The monoisotopic (exact) mass is 348 g/mol. The Morgan fingerprint density at radius 3 is 2.27 bits per heavy atom. The molecule has 0 aliphatic rings. The Labute approximate surface area is 152 Å². The highest BCUT2D eigenvalue weighted by atomic mass is 16.5. The molecule has 3 rings (SSSR count). The minimum atomic E-state index is -0.530. The minimum Gasteiger partial charge on any atom is -0.497 e. The van der Waals surface area contributed by atoms with E-state index in [2.05, 4.69) is 10.3 Å². The van der Waals surface area contributed by atoms with Gasteiger partial charge in [0, 0.05) is 11.1 Å². The molecule has 3 aromatic rings. The Balaban J connectivity index is 2.15. The summed E-state index contributed by atoms with van der Waals surface area (Å²) in [4.78, 5) is 16.4. The summed E-state index contributed by atoms with van der Waals surface area (Å²) in [7, 11) is 2.97. The number of benzene rings is 2. The molecule has 0 atom stereocenters. The average Bonchev–Trinajstić information content (AvgIpc) is 2.70. The number of nitrogens with one attached hydrogen (secondary N) is 1. The number of carbonyl (C=O) groups excluding carboxylic acids is 1. The number of aryl methyl sites for hydroxylation is 1. The van der Waals surface area contributed by atoms with Gasteiger partial charge in [-0.05, 0) is 30.7 Å². The van der Waals surface area contributed by atoms with E-state index in [-0.39, 0.29) is 0 Å². The zero-order valence-electron chi connectivity index (χ0n) is 14.9. The number of anilines is 1. The van der Waals surface area contributed by atoms with Crippen molar-refractivity contribution in [3.05, 3.63) is 66.4 Å². The van der Waals surface area contributed by atoms with Crippen LogP contribution < -0.4 is 10.1 Å². The first-order chi connectivity index (χ1) is 12.6. The van der Waals surface area contributed by atoms with Crippen molar-refractivity contribution in [1.82, 2.24) is 4.98 Å². The van der Waals surface area contributed by atoms with E-state index < -0.39 is 6.09 Å². The van der Waals surface area contributed by atoms with Gasteiger partial charge in [0.1, 0.15) is 5.75 Å². The first kappa shape index (κ1) is 17.5. The van der Waals surface area contributed by atoms with Crippen molar-refractivity contribution in [1.29, 1.82) is 0 Å². The van der Waals surface area contributed by atoms with Crippen molar-refractivity contribution < 1.29 is 14.3 Å². The zero-order chi connectivity index (χ0) is 18.5. The molecule has 0 spiro atoms. The fourth-order valence-electron chi connectivity index (χ4n) is 2.74. The summed E-state index contributed by atoms with van der Waals surface area (Å²) in [6, 6.07) is 19.6. The number of hydrogen-bond acceptors (Lipinski definition) is 4. The molecule has 0 fully saturated rings. The second-order valence-electron chi connectivity index (χ2n) is 5.73. The predicted molar refractivity (Wildman–Crippen MR) is 102 cm³/mol. The third kappa shape index (κ3) is 3.67. The van der Waals surface area contributed by atoms with Gasteiger partial charge >= 0.3 is 6.09 Å². The number of pyridine rings is 1. The smallest absolute Gasteiger partial charge is 0.411 e. The maximum Gasteiger partial charge on any atom is 0.411 e. The molecule has 1 amide bonds. The second-order valence-corrected chi connectivity index (χ2v) is 5.73. The number of aromatic nitrogens is 1. The van der Waals surface area contributed by atoms with Crippen LogP contribution in [0.2, 0.25) is 0 Å². The Morgan fingerprint density at radius 2 is 1.65 bits per heavy atom. The first-order valence-corrected chi connectivity index (χ1v) is 8.19. The minimum absolute atomic E-state index is 0.530. The molecule has 132 valence electrons. The fraction of sp³-hybridized carbons (Fsp3) is 0.143. The largest absolute Gasteiger partial charge is 0.497 e. The van der Waals surface area contributed by atoms with Gasteiger partial charge in [-0.3, -0.25) is 10.3 Å². The van der Waals surface area contributed by atoms with Gasteiger partial charge in [-0.1, -0.05) is 42.5 Å². The number of amides is 1. The van der Waals surface area contributed by atoms with Crippen LogP contribution in [0.3, 0.4) is 0 Å². The van der Waals surface area contributed by atoms with Gasteiger partial charge < -0.3 is 9.47 Å². The van der Waals surface area contributed by atoms with Gasteiger partial charge in [0.25, 0.3) is 0 Å². The molecular formula is C21H20N2O3. The van der Waals surface area contributed by atoms with Gasteiger partial charge in [0.2, 0.25) is 0 Å². The van der Waals surface area contributed by atoms with Crippen LogP contribution in [0.4, 0.5) is 10.5 Å². The molecule has 5 heteroatoms. The van der Waals surface area contributed by atoms with Crippen molar-refractivity contribution in [2.24, 2.45) is 0 Å². The number of rotatable bonds is 4. The van der Waals surface area contributed by atoms with Crippen LogP contribution in [0.5, 0.6) is 5.75 Å². The summed E-state index contributed by atoms with van der Waals surface area (Å²) >= 11 is 0. The standard InChI is InChI=1S/C21H20N2O3/c1-14-20(23-21(24)26-3)18(15-9-11-17(25-2)12-10-15)13-19(22-14)16-7-5-4-6-8-16/h4-13H,1-3H3,(H,23,24). The topological polar surface area (TPSA) is 60.5 Å². The molecule has 0 saturated carbocycles. The Morgan fingerprint density at radius 1 is 0.962 bits per heavy atom. The normalized spacial score (nSPS) is 10.3. The van der Waals surface area contributed by atoms with E-state index in [1.807, 2.05) is 67.6 Å². The van der Waals surface area contributed by atoms with Crippen LogP contribution >= 0.6 is 0 Å². The third-order valence-electron chi connectivity index (χ3n) is 4.08. The second kappa shape index (κ2) is 7.70. The van der Waals surface area contributed by atoms with E-state index in [1.54, 1.807) is 7.11 Å². The van der Waals surface area contributed by atoms with E-state index in [1.165, 1.54) is 7.11 Å². The Hall–Kier alpha value is -3.34. The molecule has 1 heterocycles. The number of carbonyl (C=O) groups is 1. The molecule has 0 bridgehead atoms. The van der Waals surface area contributed by atoms with Gasteiger partial charge in [-0.2, -0.15) is 0 Å². The molecule has 26 heavy (non-hydrogen) atoms. The zero-order valence-corrected chi connectivity index (χ0v) is 14.9. The van der Waals surface area contributed by atoms with Crippen molar-refractivity contribution >= 4 is 11.8 Å². The van der Waals surface area contributed by atoms with E-state index >= 15 is 0 Å². The summed E-state index contributed by atoms with van der Waals surface area (Å²) in [6.45, 7) is 1.87. The van der Waals surface area contributed by atoms with Crippen LogP contribution in [-0.4, -0.2) is 25.3 Å². The Bertz CT molecular complexity index is 907. The number of methoxy groups -OCH3 is 2. The SMILES string of the molecule is COC(=O)Nc1c(-c2ccc(OC)cc2)cc(-c2ccccc2)nc1C. The summed E-state index contributed by atoms with van der Waals surface area (Å²) in [5.41, 5.74) is 4.99. The van der Waals surface area contributed by atoms with Gasteiger partial charge in [-0.15, -0.1) is 0 Å².